The maximum absolute atomic E-state index is 5.71. The molecule has 0 fully saturated rings. The van der Waals surface area contributed by atoms with Gasteiger partial charge in [0.15, 0.2) is 5.75 Å². The molecule has 0 saturated carbocycles. The first-order valence-corrected chi connectivity index (χ1v) is 6.25. The van der Waals surface area contributed by atoms with Crippen LogP contribution in [0.4, 0.5) is 0 Å². The van der Waals surface area contributed by atoms with Crippen LogP contribution in [0.5, 0.6) is 11.6 Å². The van der Waals surface area contributed by atoms with Gasteiger partial charge in [-0.15, -0.1) is 0 Å². The molecule has 0 spiro atoms. The average molecular weight is 308 g/mol. The molecule has 3 rings (SSSR count). The van der Waals surface area contributed by atoms with Gasteiger partial charge in [0.2, 0.25) is 5.65 Å². The largest absolute Gasteiger partial charge is 0.433 e. The van der Waals surface area contributed by atoms with Crippen LogP contribution in [0.15, 0.2) is 35.6 Å². The smallest absolute Gasteiger partial charge is 0.265 e. The van der Waals surface area contributed by atoms with Gasteiger partial charge in [0.1, 0.15) is 4.60 Å². The molecule has 3 heterocycles. The third kappa shape index (κ3) is 1.97. The molecule has 0 bridgehead atoms. The molecule has 3 aromatic heterocycles. The van der Waals surface area contributed by atoms with E-state index in [9.17, 15) is 0 Å². The van der Waals surface area contributed by atoms with Crippen LogP contribution in [0.2, 0.25) is 0 Å². The van der Waals surface area contributed by atoms with Crippen molar-refractivity contribution in [2.24, 2.45) is 0 Å². The van der Waals surface area contributed by atoms with E-state index in [0.29, 0.717) is 21.9 Å². The number of fused-ring (bicyclic) bond motifs is 1. The van der Waals surface area contributed by atoms with Crippen LogP contribution >= 0.6 is 15.9 Å². The van der Waals surface area contributed by atoms with Crippen LogP contribution in [-0.4, -0.2) is 24.1 Å². The monoisotopic (exact) mass is 307 g/mol. The Labute approximate surface area is 111 Å². The fraction of sp³-hybridized carbons (Fsp3) is 0.182. The number of ether oxygens (including phenoxy) is 1. The summed E-state index contributed by atoms with van der Waals surface area (Å²) in [4.78, 5) is 8.49. The van der Waals surface area contributed by atoms with Gasteiger partial charge < -0.3 is 4.74 Å². The SMILES string of the molecule is CCn1cc(Oc2nc(Br)cn3ccnc23)cn1. The summed E-state index contributed by atoms with van der Waals surface area (Å²) in [5.41, 5.74) is 0.669. The number of halogens is 1. The summed E-state index contributed by atoms with van der Waals surface area (Å²) in [5.74, 6) is 1.09. The van der Waals surface area contributed by atoms with Crippen molar-refractivity contribution in [1.29, 1.82) is 0 Å². The Morgan fingerprint density at radius 3 is 3.06 bits per heavy atom. The molecule has 0 radical (unpaired) electrons. The number of hydrogen-bond donors (Lipinski definition) is 0. The second kappa shape index (κ2) is 4.41. The van der Waals surface area contributed by atoms with Crippen molar-refractivity contribution in [2.75, 3.05) is 0 Å². The second-order valence-electron chi connectivity index (χ2n) is 3.66. The number of nitrogens with zero attached hydrogens (tertiary/aromatic N) is 5. The Kier molecular flexibility index (Phi) is 2.75. The van der Waals surface area contributed by atoms with Crippen molar-refractivity contribution in [3.8, 4) is 11.6 Å². The Morgan fingerprint density at radius 2 is 2.28 bits per heavy atom. The van der Waals surface area contributed by atoms with Crippen LogP contribution < -0.4 is 4.74 Å². The Bertz CT molecular complexity index is 690. The summed E-state index contributed by atoms with van der Waals surface area (Å²) in [6.45, 7) is 2.81. The first-order chi connectivity index (χ1) is 8.76. The zero-order valence-corrected chi connectivity index (χ0v) is 11.2. The minimum absolute atomic E-state index is 0.449. The quantitative estimate of drug-likeness (QED) is 0.746. The van der Waals surface area contributed by atoms with Gasteiger partial charge in [0.25, 0.3) is 5.88 Å². The Balaban J connectivity index is 2.00. The van der Waals surface area contributed by atoms with E-state index >= 15 is 0 Å². The van der Waals surface area contributed by atoms with Gasteiger partial charge >= 0.3 is 0 Å². The van der Waals surface area contributed by atoms with Crippen LogP contribution in [-0.2, 0) is 6.54 Å². The molecule has 0 aliphatic rings. The predicted molar refractivity (Wildman–Crippen MR) is 68.7 cm³/mol. The maximum atomic E-state index is 5.71. The molecule has 3 aromatic rings. The summed E-state index contributed by atoms with van der Waals surface area (Å²) >= 11 is 3.34. The van der Waals surface area contributed by atoms with E-state index in [-0.39, 0.29) is 0 Å². The van der Waals surface area contributed by atoms with E-state index < -0.39 is 0 Å². The molecular formula is C11H10BrN5O. The van der Waals surface area contributed by atoms with Crippen molar-refractivity contribution in [2.45, 2.75) is 13.5 Å². The molecule has 0 aliphatic heterocycles. The molecule has 0 atom stereocenters. The highest BCUT2D eigenvalue weighted by molar-refractivity contribution is 9.10. The molecule has 0 aromatic carbocycles. The van der Waals surface area contributed by atoms with E-state index in [1.165, 1.54) is 0 Å². The molecule has 18 heavy (non-hydrogen) atoms. The molecule has 92 valence electrons. The van der Waals surface area contributed by atoms with E-state index in [1.54, 1.807) is 17.1 Å². The molecule has 0 saturated heterocycles. The standard InChI is InChI=1S/C11H10BrN5O/c1-2-17-6-8(5-14-17)18-11-10-13-3-4-16(10)7-9(12)15-11/h3-7H,2H2,1H3. The molecular weight excluding hydrogens is 298 g/mol. The highest BCUT2D eigenvalue weighted by atomic mass is 79.9. The van der Waals surface area contributed by atoms with Crippen LogP contribution in [0.1, 0.15) is 6.92 Å². The normalized spacial score (nSPS) is 11.0. The summed E-state index contributed by atoms with van der Waals surface area (Å²) in [5, 5.41) is 4.15. The van der Waals surface area contributed by atoms with Crippen molar-refractivity contribution in [1.82, 2.24) is 24.1 Å². The molecule has 0 N–H and O–H groups in total. The number of aryl methyl sites for hydroxylation is 1. The lowest BCUT2D eigenvalue weighted by molar-refractivity contribution is 0.462. The molecule has 6 nitrogen and oxygen atoms in total. The fourth-order valence-corrected chi connectivity index (χ4v) is 2.01. The summed E-state index contributed by atoms with van der Waals surface area (Å²) in [6.07, 6.45) is 8.84. The van der Waals surface area contributed by atoms with E-state index in [4.69, 9.17) is 4.74 Å². The minimum atomic E-state index is 0.449. The Hall–Kier alpha value is -1.89. The Morgan fingerprint density at radius 1 is 1.39 bits per heavy atom. The lowest BCUT2D eigenvalue weighted by Crippen LogP contribution is -1.94. The number of rotatable bonds is 3. The summed E-state index contributed by atoms with van der Waals surface area (Å²) in [7, 11) is 0. The molecule has 0 amide bonds. The van der Waals surface area contributed by atoms with E-state index in [1.807, 2.05) is 29.9 Å². The van der Waals surface area contributed by atoms with E-state index in [2.05, 4.69) is 31.0 Å². The fourth-order valence-electron chi connectivity index (χ4n) is 1.62. The number of imidazole rings is 1. The van der Waals surface area contributed by atoms with Crippen LogP contribution in [0, 0.1) is 0 Å². The molecule has 0 unspecified atom stereocenters. The lowest BCUT2D eigenvalue weighted by Gasteiger charge is -2.04. The van der Waals surface area contributed by atoms with E-state index in [0.717, 1.165) is 6.54 Å². The third-order valence-electron chi connectivity index (χ3n) is 2.46. The van der Waals surface area contributed by atoms with Crippen molar-refractivity contribution in [3.05, 3.63) is 35.6 Å². The third-order valence-corrected chi connectivity index (χ3v) is 2.84. The van der Waals surface area contributed by atoms with Gasteiger partial charge in [-0.2, -0.15) is 5.10 Å². The lowest BCUT2D eigenvalue weighted by atomic mass is 10.6. The predicted octanol–water partition coefficient (Wildman–Crippen LogP) is 2.50. The first-order valence-electron chi connectivity index (χ1n) is 5.46. The molecule has 7 heteroatoms. The summed E-state index contributed by atoms with van der Waals surface area (Å²) in [6, 6.07) is 0. The van der Waals surface area contributed by atoms with Gasteiger partial charge in [-0.25, -0.2) is 9.97 Å². The van der Waals surface area contributed by atoms with Crippen LogP contribution in [0.25, 0.3) is 5.65 Å². The van der Waals surface area contributed by atoms with Gasteiger partial charge in [-0.1, -0.05) is 0 Å². The van der Waals surface area contributed by atoms with Gasteiger partial charge in [0, 0.05) is 25.1 Å². The highest BCUT2D eigenvalue weighted by Gasteiger charge is 2.09. The average Bonchev–Trinajstić information content (AvgIpc) is 2.97. The highest BCUT2D eigenvalue weighted by Crippen LogP contribution is 2.24. The van der Waals surface area contributed by atoms with Gasteiger partial charge in [-0.05, 0) is 22.9 Å². The van der Waals surface area contributed by atoms with Gasteiger partial charge in [-0.3, -0.25) is 9.08 Å². The maximum Gasteiger partial charge on any atom is 0.265 e. The summed E-state index contributed by atoms with van der Waals surface area (Å²) < 4.78 is 10.0. The second-order valence-corrected chi connectivity index (χ2v) is 4.47. The van der Waals surface area contributed by atoms with Gasteiger partial charge in [0.05, 0.1) is 12.4 Å². The number of hydrogen-bond acceptors (Lipinski definition) is 4. The van der Waals surface area contributed by atoms with Crippen LogP contribution in [0.3, 0.4) is 0 Å². The topological polar surface area (TPSA) is 57.2 Å². The zero-order valence-electron chi connectivity index (χ0n) is 9.62. The zero-order chi connectivity index (χ0) is 12.5. The first kappa shape index (κ1) is 11.2. The van der Waals surface area contributed by atoms with Crippen molar-refractivity contribution < 1.29 is 4.74 Å². The van der Waals surface area contributed by atoms with Crippen molar-refractivity contribution in [3.63, 3.8) is 0 Å². The minimum Gasteiger partial charge on any atom is -0.433 e. The number of aromatic nitrogens is 5. The molecule has 0 aliphatic carbocycles. The van der Waals surface area contributed by atoms with Crippen molar-refractivity contribution >= 4 is 21.6 Å².